The minimum Gasteiger partial charge on any atom is -0.457 e. The Morgan fingerprint density at radius 3 is 2.63 bits per heavy atom. The van der Waals surface area contributed by atoms with Crippen LogP contribution in [0.2, 0.25) is 5.02 Å². The van der Waals surface area contributed by atoms with E-state index in [1.807, 2.05) is 0 Å². The number of carbonyl (C=O) groups excluding carboxylic acids is 1. The molecular weight excluding hydrogens is 335 g/mol. The van der Waals surface area contributed by atoms with E-state index in [1.54, 1.807) is 30.3 Å². The SMILES string of the molecule is O=C(OCc1c(F)cccc1Cl)c1ccccc1Br. The van der Waals surface area contributed by atoms with Gasteiger partial charge in [-0.1, -0.05) is 29.8 Å². The van der Waals surface area contributed by atoms with E-state index in [1.165, 1.54) is 12.1 Å². The summed E-state index contributed by atoms with van der Waals surface area (Å²) in [5.41, 5.74) is 0.555. The maximum Gasteiger partial charge on any atom is 0.339 e. The van der Waals surface area contributed by atoms with Gasteiger partial charge in [-0.2, -0.15) is 0 Å². The highest BCUT2D eigenvalue weighted by atomic mass is 79.9. The molecule has 0 bridgehead atoms. The Morgan fingerprint density at radius 2 is 1.95 bits per heavy atom. The van der Waals surface area contributed by atoms with E-state index in [-0.39, 0.29) is 17.2 Å². The van der Waals surface area contributed by atoms with Crippen molar-refractivity contribution in [3.63, 3.8) is 0 Å². The predicted molar refractivity (Wildman–Crippen MR) is 74.7 cm³/mol. The molecule has 5 heteroatoms. The predicted octanol–water partition coefficient (Wildman–Crippen LogP) is 4.60. The van der Waals surface area contributed by atoms with E-state index in [0.29, 0.717) is 10.0 Å². The molecule has 0 aliphatic carbocycles. The molecule has 19 heavy (non-hydrogen) atoms. The zero-order valence-corrected chi connectivity index (χ0v) is 12.0. The largest absolute Gasteiger partial charge is 0.457 e. The fourth-order valence-corrected chi connectivity index (χ4v) is 2.18. The normalized spacial score (nSPS) is 10.3. The van der Waals surface area contributed by atoms with Crippen LogP contribution in [0.1, 0.15) is 15.9 Å². The number of carbonyl (C=O) groups is 1. The van der Waals surface area contributed by atoms with Crippen molar-refractivity contribution in [1.82, 2.24) is 0 Å². The number of benzene rings is 2. The molecule has 0 N–H and O–H groups in total. The van der Waals surface area contributed by atoms with E-state index < -0.39 is 11.8 Å². The van der Waals surface area contributed by atoms with Gasteiger partial charge >= 0.3 is 5.97 Å². The number of rotatable bonds is 3. The second-order valence-electron chi connectivity index (χ2n) is 3.76. The molecule has 2 aromatic rings. The Labute approximate surface area is 123 Å². The Morgan fingerprint density at radius 1 is 1.21 bits per heavy atom. The van der Waals surface area contributed by atoms with Crippen LogP contribution in [0.3, 0.4) is 0 Å². The molecule has 0 saturated heterocycles. The minimum atomic E-state index is -0.535. The third-order valence-electron chi connectivity index (χ3n) is 2.50. The molecular formula is C14H9BrClFO2. The van der Waals surface area contributed by atoms with Crippen LogP contribution < -0.4 is 0 Å². The van der Waals surface area contributed by atoms with E-state index >= 15 is 0 Å². The van der Waals surface area contributed by atoms with Gasteiger partial charge in [-0.05, 0) is 40.2 Å². The topological polar surface area (TPSA) is 26.3 Å². The van der Waals surface area contributed by atoms with Crippen molar-refractivity contribution in [2.45, 2.75) is 6.61 Å². The average molecular weight is 344 g/mol. The lowest BCUT2D eigenvalue weighted by molar-refractivity contribution is 0.0468. The van der Waals surface area contributed by atoms with Gasteiger partial charge in [0.1, 0.15) is 12.4 Å². The van der Waals surface area contributed by atoms with Crippen LogP contribution in [0.25, 0.3) is 0 Å². The van der Waals surface area contributed by atoms with Gasteiger partial charge in [0.15, 0.2) is 0 Å². The van der Waals surface area contributed by atoms with Crippen LogP contribution in [0, 0.1) is 5.82 Å². The standard InChI is InChI=1S/C14H9BrClFO2/c15-11-5-2-1-4-9(11)14(18)19-8-10-12(16)6-3-7-13(10)17/h1-7H,8H2. The monoisotopic (exact) mass is 342 g/mol. The summed E-state index contributed by atoms with van der Waals surface area (Å²) in [6, 6.07) is 11.2. The van der Waals surface area contributed by atoms with E-state index in [0.717, 1.165) is 0 Å². The highest BCUT2D eigenvalue weighted by molar-refractivity contribution is 9.10. The van der Waals surface area contributed by atoms with E-state index in [2.05, 4.69) is 15.9 Å². The molecule has 0 heterocycles. The Balaban J connectivity index is 2.11. The molecule has 0 spiro atoms. The van der Waals surface area contributed by atoms with Crippen molar-refractivity contribution in [2.75, 3.05) is 0 Å². The fraction of sp³-hybridized carbons (Fsp3) is 0.0714. The van der Waals surface area contributed by atoms with Gasteiger partial charge in [0.2, 0.25) is 0 Å². The highest BCUT2D eigenvalue weighted by Crippen LogP contribution is 2.21. The lowest BCUT2D eigenvalue weighted by atomic mass is 10.2. The zero-order valence-electron chi connectivity index (χ0n) is 9.70. The van der Waals surface area contributed by atoms with Gasteiger partial charge in [0.05, 0.1) is 10.6 Å². The van der Waals surface area contributed by atoms with Crippen LogP contribution >= 0.6 is 27.5 Å². The first-order valence-corrected chi connectivity index (χ1v) is 6.61. The first-order valence-electron chi connectivity index (χ1n) is 5.44. The average Bonchev–Trinajstić information content (AvgIpc) is 2.38. The van der Waals surface area contributed by atoms with Crippen molar-refractivity contribution >= 4 is 33.5 Å². The van der Waals surface area contributed by atoms with Crippen LogP contribution in [-0.2, 0) is 11.3 Å². The molecule has 0 aliphatic rings. The van der Waals surface area contributed by atoms with Crippen molar-refractivity contribution in [1.29, 1.82) is 0 Å². The summed E-state index contributed by atoms with van der Waals surface area (Å²) in [4.78, 5) is 11.8. The molecule has 0 aromatic heterocycles. The lowest BCUT2D eigenvalue weighted by Crippen LogP contribution is -2.07. The first kappa shape index (κ1) is 14.0. The molecule has 0 amide bonds. The van der Waals surface area contributed by atoms with Crippen molar-refractivity contribution < 1.29 is 13.9 Å². The molecule has 0 aliphatic heterocycles. The van der Waals surface area contributed by atoms with Crippen molar-refractivity contribution in [3.8, 4) is 0 Å². The molecule has 0 saturated carbocycles. The van der Waals surface area contributed by atoms with Crippen LogP contribution in [0.5, 0.6) is 0 Å². The third kappa shape index (κ3) is 3.33. The number of hydrogen-bond acceptors (Lipinski definition) is 2. The minimum absolute atomic E-state index is 0.171. The molecule has 0 fully saturated rings. The summed E-state index contributed by atoms with van der Waals surface area (Å²) in [6.07, 6.45) is 0. The van der Waals surface area contributed by atoms with Crippen molar-refractivity contribution in [2.24, 2.45) is 0 Å². The number of hydrogen-bond donors (Lipinski definition) is 0. The zero-order chi connectivity index (χ0) is 13.8. The van der Waals surface area contributed by atoms with Gasteiger partial charge < -0.3 is 4.74 Å². The lowest BCUT2D eigenvalue weighted by Gasteiger charge is -2.08. The molecule has 0 unspecified atom stereocenters. The fourth-order valence-electron chi connectivity index (χ4n) is 1.51. The summed E-state index contributed by atoms with van der Waals surface area (Å²) >= 11 is 9.10. The molecule has 2 aromatic carbocycles. The molecule has 98 valence electrons. The summed E-state index contributed by atoms with van der Waals surface area (Å²) in [5, 5.41) is 0.236. The van der Waals surface area contributed by atoms with Crippen LogP contribution in [0.15, 0.2) is 46.9 Å². The second-order valence-corrected chi connectivity index (χ2v) is 5.02. The van der Waals surface area contributed by atoms with Crippen molar-refractivity contribution in [3.05, 3.63) is 68.9 Å². The number of ether oxygens (including phenoxy) is 1. The number of halogens is 3. The van der Waals surface area contributed by atoms with Crippen LogP contribution in [0.4, 0.5) is 4.39 Å². The summed E-state index contributed by atoms with van der Waals surface area (Å²) in [7, 11) is 0. The van der Waals surface area contributed by atoms with Gasteiger partial charge in [-0.3, -0.25) is 0 Å². The summed E-state index contributed by atoms with van der Waals surface area (Å²) < 4.78 is 19.2. The molecule has 0 radical (unpaired) electrons. The molecule has 2 nitrogen and oxygen atoms in total. The Bertz CT molecular complexity index is 596. The van der Waals surface area contributed by atoms with Crippen LogP contribution in [-0.4, -0.2) is 5.97 Å². The third-order valence-corrected chi connectivity index (χ3v) is 3.55. The van der Waals surface area contributed by atoms with Gasteiger partial charge in [-0.15, -0.1) is 0 Å². The maximum atomic E-state index is 13.5. The van der Waals surface area contributed by atoms with Gasteiger partial charge in [-0.25, -0.2) is 9.18 Å². The smallest absolute Gasteiger partial charge is 0.339 e. The van der Waals surface area contributed by atoms with E-state index in [4.69, 9.17) is 16.3 Å². The maximum absolute atomic E-state index is 13.5. The summed E-state index contributed by atoms with van der Waals surface area (Å²) in [6.45, 7) is -0.203. The highest BCUT2D eigenvalue weighted by Gasteiger charge is 2.13. The Hall–Kier alpha value is -1.39. The van der Waals surface area contributed by atoms with Gasteiger partial charge in [0, 0.05) is 10.0 Å². The van der Waals surface area contributed by atoms with E-state index in [9.17, 15) is 9.18 Å². The first-order chi connectivity index (χ1) is 9.09. The number of esters is 1. The quantitative estimate of drug-likeness (QED) is 0.761. The second kappa shape index (κ2) is 6.17. The summed E-state index contributed by atoms with van der Waals surface area (Å²) in [5.74, 6) is -1.03. The molecule has 0 atom stereocenters. The Kier molecular flexibility index (Phi) is 4.56. The van der Waals surface area contributed by atoms with Gasteiger partial charge in [0.25, 0.3) is 0 Å². The molecule has 2 rings (SSSR count).